The molecule has 0 saturated carbocycles. The number of rotatable bonds is 6. The van der Waals surface area contributed by atoms with Crippen LogP contribution in [0.3, 0.4) is 0 Å². The van der Waals surface area contributed by atoms with Crippen LogP contribution in [0.4, 0.5) is 10.6 Å². The van der Waals surface area contributed by atoms with E-state index < -0.39 is 0 Å². The summed E-state index contributed by atoms with van der Waals surface area (Å²) >= 11 is 0. The van der Waals surface area contributed by atoms with Gasteiger partial charge < -0.3 is 24.8 Å². The van der Waals surface area contributed by atoms with Crippen LogP contribution in [0.5, 0.6) is 0 Å². The molecule has 1 aromatic carbocycles. The first kappa shape index (κ1) is 24.9. The Hall–Kier alpha value is -3.20. The summed E-state index contributed by atoms with van der Waals surface area (Å²) in [5.74, 6) is 0.763. The Morgan fingerprint density at radius 3 is 2.40 bits per heavy atom. The van der Waals surface area contributed by atoms with Gasteiger partial charge in [-0.15, -0.1) is 10.2 Å². The van der Waals surface area contributed by atoms with Gasteiger partial charge in [-0.3, -0.25) is 4.79 Å². The van der Waals surface area contributed by atoms with Crippen LogP contribution in [-0.2, 0) is 9.53 Å². The maximum atomic E-state index is 13.1. The van der Waals surface area contributed by atoms with E-state index in [9.17, 15) is 9.59 Å². The zero-order valence-electron chi connectivity index (χ0n) is 20.9. The Bertz CT molecular complexity index is 978. The van der Waals surface area contributed by atoms with Gasteiger partial charge in [-0.25, -0.2) is 4.79 Å². The average molecular weight is 481 g/mol. The van der Waals surface area contributed by atoms with Crippen molar-refractivity contribution in [2.75, 3.05) is 50.8 Å². The van der Waals surface area contributed by atoms with E-state index in [0.29, 0.717) is 39.3 Å². The van der Waals surface area contributed by atoms with Crippen LogP contribution in [0.2, 0.25) is 0 Å². The van der Waals surface area contributed by atoms with Crippen molar-refractivity contribution in [3.8, 4) is 11.3 Å². The molecule has 2 saturated heterocycles. The van der Waals surface area contributed by atoms with Gasteiger partial charge in [0, 0.05) is 50.4 Å². The number of carbonyl (C=O) groups excluding carboxylic acids is 2. The first-order chi connectivity index (χ1) is 16.8. The predicted molar refractivity (Wildman–Crippen MR) is 135 cm³/mol. The molecule has 3 amide bonds. The Labute approximate surface area is 207 Å². The molecule has 1 atom stereocenters. The van der Waals surface area contributed by atoms with Crippen LogP contribution in [0.1, 0.15) is 33.6 Å². The lowest BCUT2D eigenvalue weighted by atomic mass is 10.1. The van der Waals surface area contributed by atoms with E-state index in [2.05, 4.69) is 20.4 Å². The molecule has 0 aliphatic carbocycles. The van der Waals surface area contributed by atoms with E-state index in [1.807, 2.05) is 68.1 Å². The fourth-order valence-electron chi connectivity index (χ4n) is 4.36. The third-order valence-electron chi connectivity index (χ3n) is 6.22. The summed E-state index contributed by atoms with van der Waals surface area (Å²) in [7, 11) is 0. The van der Waals surface area contributed by atoms with Crippen LogP contribution in [-0.4, -0.2) is 89.5 Å². The number of piperazine rings is 1. The van der Waals surface area contributed by atoms with E-state index in [-0.39, 0.29) is 30.1 Å². The molecule has 2 aliphatic heterocycles. The highest BCUT2D eigenvalue weighted by Gasteiger charge is 2.29. The molecule has 9 nitrogen and oxygen atoms in total. The van der Waals surface area contributed by atoms with Crippen molar-refractivity contribution >= 4 is 17.8 Å². The minimum absolute atomic E-state index is 0.0113. The molecule has 1 aromatic heterocycles. The zero-order chi connectivity index (χ0) is 24.8. The summed E-state index contributed by atoms with van der Waals surface area (Å²) < 4.78 is 5.72. The molecule has 1 N–H and O–H groups in total. The highest BCUT2D eigenvalue weighted by molar-refractivity contribution is 5.84. The molecule has 35 heavy (non-hydrogen) atoms. The van der Waals surface area contributed by atoms with Crippen molar-refractivity contribution in [1.29, 1.82) is 0 Å². The van der Waals surface area contributed by atoms with E-state index in [1.54, 1.807) is 4.90 Å². The fraction of sp³-hybridized carbons (Fsp3) is 0.538. The number of hydrogen-bond donors (Lipinski definition) is 1. The summed E-state index contributed by atoms with van der Waals surface area (Å²) in [4.78, 5) is 31.6. The van der Waals surface area contributed by atoms with Gasteiger partial charge in [-0.05, 0) is 45.7 Å². The molecule has 3 heterocycles. The van der Waals surface area contributed by atoms with E-state index in [4.69, 9.17) is 4.74 Å². The van der Waals surface area contributed by atoms with Crippen molar-refractivity contribution in [3.05, 3.63) is 42.5 Å². The molecule has 188 valence electrons. The van der Waals surface area contributed by atoms with E-state index in [0.717, 1.165) is 29.9 Å². The van der Waals surface area contributed by atoms with Crippen LogP contribution >= 0.6 is 0 Å². The standard InChI is InChI=1S/C26H36N6O3/c1-26(2,3)27-25(34)32(18-21-10-7-17-35-21)19-24(33)31-15-13-30(14-16-31)23-12-11-22(28-29-23)20-8-5-4-6-9-20/h4-6,8-9,11-12,21H,7,10,13-19H2,1-3H3,(H,27,34)/t21-/m1/s1. The van der Waals surface area contributed by atoms with E-state index >= 15 is 0 Å². The highest BCUT2D eigenvalue weighted by atomic mass is 16.5. The second kappa shape index (κ2) is 11.0. The molecule has 4 rings (SSSR count). The summed E-state index contributed by atoms with van der Waals surface area (Å²) in [5, 5.41) is 11.8. The smallest absolute Gasteiger partial charge is 0.318 e. The largest absolute Gasteiger partial charge is 0.376 e. The normalized spacial score (nSPS) is 18.4. The van der Waals surface area contributed by atoms with Gasteiger partial charge in [-0.1, -0.05) is 30.3 Å². The fourth-order valence-corrected chi connectivity index (χ4v) is 4.36. The zero-order valence-corrected chi connectivity index (χ0v) is 20.9. The first-order valence-electron chi connectivity index (χ1n) is 12.4. The summed E-state index contributed by atoms with van der Waals surface area (Å²) in [6, 6.07) is 13.7. The Kier molecular flexibility index (Phi) is 7.85. The van der Waals surface area contributed by atoms with Crippen molar-refractivity contribution in [1.82, 2.24) is 25.3 Å². The summed E-state index contributed by atoms with van der Waals surface area (Å²) in [5.41, 5.74) is 1.49. The number of aromatic nitrogens is 2. The van der Waals surface area contributed by atoms with Crippen LogP contribution < -0.4 is 10.2 Å². The SMILES string of the molecule is CC(C)(C)NC(=O)N(CC(=O)N1CCN(c2ccc(-c3ccccc3)nn2)CC1)C[C@H]1CCCO1. The number of urea groups is 1. The lowest BCUT2D eigenvalue weighted by Gasteiger charge is -2.37. The van der Waals surface area contributed by atoms with Gasteiger partial charge >= 0.3 is 6.03 Å². The molecule has 2 aromatic rings. The number of nitrogens with one attached hydrogen (secondary N) is 1. The maximum absolute atomic E-state index is 13.1. The Morgan fingerprint density at radius 2 is 1.80 bits per heavy atom. The van der Waals surface area contributed by atoms with Crippen LogP contribution in [0.15, 0.2) is 42.5 Å². The van der Waals surface area contributed by atoms with Gasteiger partial charge in [-0.2, -0.15) is 0 Å². The number of amides is 3. The van der Waals surface area contributed by atoms with Crippen molar-refractivity contribution in [2.24, 2.45) is 0 Å². The minimum atomic E-state index is -0.377. The molecule has 0 bridgehead atoms. The second-order valence-corrected chi connectivity index (χ2v) is 10.2. The number of benzene rings is 1. The topological polar surface area (TPSA) is 90.9 Å². The van der Waals surface area contributed by atoms with Crippen molar-refractivity contribution in [3.63, 3.8) is 0 Å². The number of ether oxygens (including phenoxy) is 1. The molecule has 9 heteroatoms. The van der Waals surface area contributed by atoms with Crippen LogP contribution in [0, 0.1) is 0 Å². The third kappa shape index (κ3) is 6.91. The summed E-state index contributed by atoms with van der Waals surface area (Å²) in [6.07, 6.45) is 1.89. The number of nitrogens with zero attached hydrogens (tertiary/aromatic N) is 5. The quantitative estimate of drug-likeness (QED) is 0.684. The molecular formula is C26H36N6O3. The van der Waals surface area contributed by atoms with E-state index in [1.165, 1.54) is 0 Å². The lowest BCUT2D eigenvalue weighted by Crippen LogP contribution is -2.55. The monoisotopic (exact) mass is 480 g/mol. The number of carbonyl (C=O) groups is 2. The van der Waals surface area contributed by atoms with Gasteiger partial charge in [0.2, 0.25) is 5.91 Å². The molecule has 0 spiro atoms. The predicted octanol–water partition coefficient (Wildman–Crippen LogP) is 2.78. The molecular weight excluding hydrogens is 444 g/mol. The molecule has 0 unspecified atom stereocenters. The van der Waals surface area contributed by atoms with Gasteiger partial charge in [0.15, 0.2) is 5.82 Å². The lowest BCUT2D eigenvalue weighted by molar-refractivity contribution is -0.132. The number of hydrogen-bond acceptors (Lipinski definition) is 6. The van der Waals surface area contributed by atoms with Crippen molar-refractivity contribution < 1.29 is 14.3 Å². The average Bonchev–Trinajstić information content (AvgIpc) is 3.36. The Morgan fingerprint density at radius 1 is 1.06 bits per heavy atom. The van der Waals surface area contributed by atoms with Gasteiger partial charge in [0.1, 0.15) is 6.54 Å². The van der Waals surface area contributed by atoms with Gasteiger partial charge in [0.05, 0.1) is 11.8 Å². The molecule has 2 aliphatic rings. The Balaban J connectivity index is 1.32. The highest BCUT2D eigenvalue weighted by Crippen LogP contribution is 2.19. The van der Waals surface area contributed by atoms with Crippen LogP contribution in [0.25, 0.3) is 11.3 Å². The maximum Gasteiger partial charge on any atom is 0.318 e. The molecule has 0 radical (unpaired) electrons. The number of anilines is 1. The summed E-state index contributed by atoms with van der Waals surface area (Å²) in [6.45, 7) is 9.50. The second-order valence-electron chi connectivity index (χ2n) is 10.2. The van der Waals surface area contributed by atoms with Gasteiger partial charge in [0.25, 0.3) is 0 Å². The molecule has 2 fully saturated rings. The minimum Gasteiger partial charge on any atom is -0.376 e. The third-order valence-corrected chi connectivity index (χ3v) is 6.22. The first-order valence-corrected chi connectivity index (χ1v) is 12.4. The van der Waals surface area contributed by atoms with Crippen molar-refractivity contribution in [2.45, 2.75) is 45.3 Å².